The van der Waals surface area contributed by atoms with Crippen molar-refractivity contribution >= 4 is 15.9 Å². The molecule has 1 nitrogen and oxygen atoms in total. The molecule has 0 radical (unpaired) electrons. The summed E-state index contributed by atoms with van der Waals surface area (Å²) in [5, 5.41) is 3.37. The molecule has 0 atom stereocenters. The van der Waals surface area contributed by atoms with Crippen LogP contribution >= 0.6 is 15.9 Å². The number of benzene rings is 1. The lowest BCUT2D eigenvalue weighted by atomic mass is 9.71. The first kappa shape index (κ1) is 13.0. The molecular formula is C14H19BrFN. The van der Waals surface area contributed by atoms with Gasteiger partial charge in [-0.15, -0.1) is 0 Å². The predicted molar refractivity (Wildman–Crippen MR) is 72.6 cm³/mol. The molecule has 0 aromatic heterocycles. The van der Waals surface area contributed by atoms with Gasteiger partial charge in [0.25, 0.3) is 0 Å². The molecule has 0 aliphatic carbocycles. The van der Waals surface area contributed by atoms with Gasteiger partial charge in [0.15, 0.2) is 0 Å². The van der Waals surface area contributed by atoms with Gasteiger partial charge in [-0.25, -0.2) is 4.39 Å². The van der Waals surface area contributed by atoms with Crippen LogP contribution in [0.15, 0.2) is 22.7 Å². The third kappa shape index (κ3) is 3.08. The Balaban J connectivity index is 2.13. The van der Waals surface area contributed by atoms with Crippen LogP contribution in [0, 0.1) is 17.2 Å². The molecule has 17 heavy (non-hydrogen) atoms. The SMILES string of the molecule is CC(C)CC1(Cc2ccc(F)cc2Br)CNC1. The normalized spacial score (nSPS) is 18.2. The fraction of sp³-hybridized carbons (Fsp3) is 0.571. The van der Waals surface area contributed by atoms with E-state index in [0.29, 0.717) is 11.3 Å². The van der Waals surface area contributed by atoms with Crippen LogP contribution in [0.4, 0.5) is 4.39 Å². The zero-order chi connectivity index (χ0) is 12.5. The Bertz CT molecular complexity index is 399. The quantitative estimate of drug-likeness (QED) is 0.892. The van der Waals surface area contributed by atoms with Crippen molar-refractivity contribution in [1.29, 1.82) is 0 Å². The zero-order valence-electron chi connectivity index (χ0n) is 10.4. The molecule has 94 valence electrons. The molecule has 1 heterocycles. The summed E-state index contributed by atoms with van der Waals surface area (Å²) in [6.07, 6.45) is 2.25. The van der Waals surface area contributed by atoms with Gasteiger partial charge in [-0.2, -0.15) is 0 Å². The molecule has 3 heteroatoms. The van der Waals surface area contributed by atoms with E-state index < -0.39 is 0 Å². The molecule has 1 aliphatic rings. The van der Waals surface area contributed by atoms with Crippen LogP contribution in [0.5, 0.6) is 0 Å². The van der Waals surface area contributed by atoms with Crippen molar-refractivity contribution in [3.8, 4) is 0 Å². The number of hydrogen-bond acceptors (Lipinski definition) is 1. The molecule has 0 bridgehead atoms. The van der Waals surface area contributed by atoms with Gasteiger partial charge in [-0.1, -0.05) is 35.8 Å². The highest BCUT2D eigenvalue weighted by molar-refractivity contribution is 9.10. The Morgan fingerprint density at radius 2 is 2.12 bits per heavy atom. The van der Waals surface area contributed by atoms with Gasteiger partial charge in [0.2, 0.25) is 0 Å². The van der Waals surface area contributed by atoms with Gasteiger partial charge in [0, 0.05) is 17.6 Å². The van der Waals surface area contributed by atoms with Crippen molar-refractivity contribution in [3.63, 3.8) is 0 Å². The van der Waals surface area contributed by atoms with E-state index in [4.69, 9.17) is 0 Å². The van der Waals surface area contributed by atoms with E-state index in [0.717, 1.165) is 24.0 Å². The van der Waals surface area contributed by atoms with Crippen molar-refractivity contribution in [3.05, 3.63) is 34.1 Å². The summed E-state index contributed by atoms with van der Waals surface area (Å²) in [7, 11) is 0. The summed E-state index contributed by atoms with van der Waals surface area (Å²) in [4.78, 5) is 0. The highest BCUT2D eigenvalue weighted by Crippen LogP contribution is 2.36. The van der Waals surface area contributed by atoms with E-state index in [2.05, 4.69) is 35.1 Å². The van der Waals surface area contributed by atoms with Crippen molar-refractivity contribution < 1.29 is 4.39 Å². The van der Waals surface area contributed by atoms with E-state index in [-0.39, 0.29) is 5.82 Å². The van der Waals surface area contributed by atoms with Crippen LogP contribution in [0.25, 0.3) is 0 Å². The largest absolute Gasteiger partial charge is 0.316 e. The average molecular weight is 300 g/mol. The zero-order valence-corrected chi connectivity index (χ0v) is 12.0. The maximum atomic E-state index is 13.0. The summed E-state index contributed by atoms with van der Waals surface area (Å²) in [6.45, 7) is 6.68. The Labute approximate surface area is 111 Å². The van der Waals surface area contributed by atoms with Crippen LogP contribution in [0.2, 0.25) is 0 Å². The second kappa shape index (κ2) is 5.07. The summed E-state index contributed by atoms with van der Waals surface area (Å²) >= 11 is 3.46. The van der Waals surface area contributed by atoms with Gasteiger partial charge >= 0.3 is 0 Å². The number of hydrogen-bond donors (Lipinski definition) is 1. The Morgan fingerprint density at radius 1 is 1.41 bits per heavy atom. The van der Waals surface area contributed by atoms with Gasteiger partial charge < -0.3 is 5.32 Å². The summed E-state index contributed by atoms with van der Waals surface area (Å²) in [5.41, 5.74) is 1.59. The lowest BCUT2D eigenvalue weighted by Crippen LogP contribution is -2.55. The minimum Gasteiger partial charge on any atom is -0.316 e. The molecule has 0 spiro atoms. The van der Waals surface area contributed by atoms with Crippen LogP contribution in [-0.2, 0) is 6.42 Å². The molecule has 1 aliphatic heterocycles. The third-order valence-corrected chi connectivity index (χ3v) is 4.16. The highest BCUT2D eigenvalue weighted by atomic mass is 79.9. The van der Waals surface area contributed by atoms with E-state index in [1.807, 2.05) is 6.07 Å². The molecular weight excluding hydrogens is 281 g/mol. The maximum Gasteiger partial charge on any atom is 0.124 e. The molecule has 0 saturated carbocycles. The fourth-order valence-corrected chi connectivity index (χ4v) is 3.25. The Hall–Kier alpha value is -0.410. The highest BCUT2D eigenvalue weighted by Gasteiger charge is 2.37. The number of halogens is 2. The standard InChI is InChI=1S/C14H19BrFN/c1-10(2)6-14(8-17-9-14)7-11-3-4-12(16)5-13(11)15/h3-5,10,17H,6-9H2,1-2H3. The van der Waals surface area contributed by atoms with Crippen molar-refractivity contribution in [1.82, 2.24) is 5.32 Å². The molecule has 1 fully saturated rings. The fourth-order valence-electron chi connectivity index (χ4n) is 2.76. The topological polar surface area (TPSA) is 12.0 Å². The minimum atomic E-state index is -0.176. The second-order valence-corrected chi connectivity index (χ2v) is 6.47. The van der Waals surface area contributed by atoms with Gasteiger partial charge in [0.05, 0.1) is 0 Å². The van der Waals surface area contributed by atoms with Gasteiger partial charge in [-0.05, 0) is 41.9 Å². The van der Waals surface area contributed by atoms with E-state index >= 15 is 0 Å². The summed E-state index contributed by atoms with van der Waals surface area (Å²) in [6, 6.07) is 5.01. The van der Waals surface area contributed by atoms with E-state index in [1.54, 1.807) is 12.1 Å². The first-order valence-electron chi connectivity index (χ1n) is 6.15. The first-order valence-corrected chi connectivity index (χ1v) is 6.95. The summed E-state index contributed by atoms with van der Waals surface area (Å²) in [5.74, 6) is 0.529. The van der Waals surface area contributed by atoms with Gasteiger partial charge in [-0.3, -0.25) is 0 Å². The molecule has 1 aromatic rings. The van der Waals surface area contributed by atoms with Crippen molar-refractivity contribution in [2.75, 3.05) is 13.1 Å². The molecule has 2 rings (SSSR count). The van der Waals surface area contributed by atoms with Crippen molar-refractivity contribution in [2.24, 2.45) is 11.3 Å². The third-order valence-electron chi connectivity index (χ3n) is 3.42. The first-order chi connectivity index (χ1) is 8.01. The average Bonchev–Trinajstić information content (AvgIpc) is 2.18. The monoisotopic (exact) mass is 299 g/mol. The maximum absolute atomic E-state index is 13.0. The number of rotatable bonds is 4. The summed E-state index contributed by atoms with van der Waals surface area (Å²) < 4.78 is 13.9. The predicted octanol–water partition coefficient (Wildman–Crippen LogP) is 3.77. The van der Waals surface area contributed by atoms with Crippen LogP contribution < -0.4 is 5.32 Å². The number of nitrogens with one attached hydrogen (secondary N) is 1. The van der Waals surface area contributed by atoms with Crippen LogP contribution in [-0.4, -0.2) is 13.1 Å². The van der Waals surface area contributed by atoms with Gasteiger partial charge in [0.1, 0.15) is 5.82 Å². The van der Waals surface area contributed by atoms with Crippen LogP contribution in [0.3, 0.4) is 0 Å². The second-order valence-electron chi connectivity index (χ2n) is 5.61. The minimum absolute atomic E-state index is 0.176. The lowest BCUT2D eigenvalue weighted by Gasteiger charge is -2.44. The van der Waals surface area contributed by atoms with Crippen LogP contribution in [0.1, 0.15) is 25.8 Å². The Morgan fingerprint density at radius 3 is 2.59 bits per heavy atom. The molecule has 1 saturated heterocycles. The van der Waals surface area contributed by atoms with Crippen molar-refractivity contribution in [2.45, 2.75) is 26.7 Å². The molecule has 1 N–H and O–H groups in total. The molecule has 0 amide bonds. The van der Waals surface area contributed by atoms with E-state index in [9.17, 15) is 4.39 Å². The van der Waals surface area contributed by atoms with E-state index in [1.165, 1.54) is 12.0 Å². The molecule has 0 unspecified atom stereocenters. The molecule has 1 aromatic carbocycles. The smallest absolute Gasteiger partial charge is 0.124 e. The Kier molecular flexibility index (Phi) is 3.88. The lowest BCUT2D eigenvalue weighted by molar-refractivity contribution is 0.131.